The number of hydrogen-bond acceptors (Lipinski definition) is 5. The minimum atomic E-state index is -0.307. The van der Waals surface area contributed by atoms with E-state index in [0.29, 0.717) is 13.2 Å². The van der Waals surface area contributed by atoms with E-state index in [1.165, 1.54) is 34.7 Å². The molecule has 202 valence electrons. The van der Waals surface area contributed by atoms with Crippen molar-refractivity contribution >= 4 is 5.97 Å². The van der Waals surface area contributed by atoms with Crippen LogP contribution in [0.25, 0.3) is 0 Å². The Kier molecular flexibility index (Phi) is 7.17. The lowest BCUT2D eigenvalue weighted by molar-refractivity contribution is -0.146. The van der Waals surface area contributed by atoms with Crippen molar-refractivity contribution in [1.82, 2.24) is 0 Å². The number of fused-ring (bicyclic) bond motifs is 4. The van der Waals surface area contributed by atoms with Crippen molar-refractivity contribution < 1.29 is 23.7 Å². The number of esters is 1. The standard InChI is InChI=1S/C32H44O5/c1-19-12-25-26(14-28(19)36-16-22(4)37-23(5)33)32(17-30(25,6)7)18-31(8,9)29-20(2)11-24(13-27(29)32)35-15-21(3)34-10/h11-14,21-22H,15-18H2,1-10H3. The molecule has 2 aliphatic carbocycles. The van der Waals surface area contributed by atoms with Crippen molar-refractivity contribution in [2.24, 2.45) is 0 Å². The average molecular weight is 509 g/mol. The predicted octanol–water partition coefficient (Wildman–Crippen LogP) is 6.70. The summed E-state index contributed by atoms with van der Waals surface area (Å²) in [5.74, 6) is 1.47. The second-order valence-corrected chi connectivity index (χ2v) is 12.6. The Bertz CT molecular complexity index is 1190. The van der Waals surface area contributed by atoms with Gasteiger partial charge in [0.1, 0.15) is 30.8 Å². The number of methoxy groups -OCH3 is 1. The Morgan fingerprint density at radius 2 is 1.49 bits per heavy atom. The van der Waals surface area contributed by atoms with E-state index in [0.717, 1.165) is 29.9 Å². The molecule has 0 aromatic heterocycles. The minimum Gasteiger partial charge on any atom is -0.491 e. The van der Waals surface area contributed by atoms with Crippen LogP contribution in [-0.2, 0) is 30.5 Å². The Morgan fingerprint density at radius 1 is 0.838 bits per heavy atom. The van der Waals surface area contributed by atoms with E-state index in [1.807, 2.05) is 13.8 Å². The molecular weight excluding hydrogens is 464 g/mol. The zero-order valence-corrected chi connectivity index (χ0v) is 24.3. The van der Waals surface area contributed by atoms with Gasteiger partial charge in [-0.05, 0) is 103 Å². The molecule has 0 aliphatic heterocycles. The van der Waals surface area contributed by atoms with E-state index >= 15 is 0 Å². The first-order valence-electron chi connectivity index (χ1n) is 13.5. The maximum absolute atomic E-state index is 11.4. The van der Waals surface area contributed by atoms with Crippen LogP contribution in [0.3, 0.4) is 0 Å². The normalized spacial score (nSPS) is 22.3. The molecule has 2 aromatic carbocycles. The monoisotopic (exact) mass is 508 g/mol. The van der Waals surface area contributed by atoms with Gasteiger partial charge in [0, 0.05) is 19.4 Å². The number of hydrogen-bond donors (Lipinski definition) is 0. The van der Waals surface area contributed by atoms with Crippen LogP contribution in [0.4, 0.5) is 0 Å². The summed E-state index contributed by atoms with van der Waals surface area (Å²) in [6, 6.07) is 9.05. The number of ether oxygens (including phenoxy) is 4. The van der Waals surface area contributed by atoms with E-state index < -0.39 is 0 Å². The van der Waals surface area contributed by atoms with E-state index in [4.69, 9.17) is 18.9 Å². The molecule has 0 radical (unpaired) electrons. The van der Waals surface area contributed by atoms with Gasteiger partial charge in [-0.15, -0.1) is 0 Å². The number of carbonyl (C=O) groups is 1. The number of carbonyl (C=O) groups excluding carboxylic acids is 1. The van der Waals surface area contributed by atoms with Crippen LogP contribution in [0.15, 0.2) is 24.3 Å². The lowest BCUT2D eigenvalue weighted by atomic mass is 9.72. The first kappa shape index (κ1) is 27.5. The zero-order valence-electron chi connectivity index (χ0n) is 24.3. The van der Waals surface area contributed by atoms with Crippen LogP contribution in [0.2, 0.25) is 0 Å². The molecule has 2 aromatic rings. The fourth-order valence-electron chi connectivity index (χ4n) is 7.00. The molecule has 0 heterocycles. The quantitative estimate of drug-likeness (QED) is 0.372. The highest BCUT2D eigenvalue weighted by Gasteiger charge is 2.57. The first-order valence-corrected chi connectivity index (χ1v) is 13.5. The van der Waals surface area contributed by atoms with Crippen molar-refractivity contribution in [3.05, 3.63) is 57.6 Å². The molecule has 0 N–H and O–H groups in total. The predicted molar refractivity (Wildman–Crippen MR) is 147 cm³/mol. The van der Waals surface area contributed by atoms with E-state index in [1.54, 1.807) is 7.11 Å². The van der Waals surface area contributed by atoms with Gasteiger partial charge in [0.05, 0.1) is 6.10 Å². The van der Waals surface area contributed by atoms with Gasteiger partial charge in [-0.3, -0.25) is 4.79 Å². The van der Waals surface area contributed by atoms with Gasteiger partial charge in [-0.1, -0.05) is 33.8 Å². The molecule has 0 bridgehead atoms. The third kappa shape index (κ3) is 4.99. The molecule has 1 spiro atoms. The van der Waals surface area contributed by atoms with Gasteiger partial charge in [-0.2, -0.15) is 0 Å². The smallest absolute Gasteiger partial charge is 0.303 e. The SMILES string of the molecule is COC(C)COc1cc(C)c2c(c1)C1(CC(C)(C)c3cc(C)c(OCC(C)OC(C)=O)cc31)CC2(C)C. The molecule has 4 rings (SSSR count). The molecule has 2 aliphatic rings. The molecule has 37 heavy (non-hydrogen) atoms. The highest BCUT2D eigenvalue weighted by molar-refractivity contribution is 5.66. The second kappa shape index (κ2) is 9.65. The molecule has 0 saturated heterocycles. The summed E-state index contributed by atoms with van der Waals surface area (Å²) in [4.78, 5) is 11.4. The van der Waals surface area contributed by atoms with Crippen LogP contribution in [0.5, 0.6) is 11.5 Å². The van der Waals surface area contributed by atoms with Crippen LogP contribution >= 0.6 is 0 Å². The Morgan fingerprint density at radius 3 is 2.14 bits per heavy atom. The molecule has 5 heteroatoms. The summed E-state index contributed by atoms with van der Waals surface area (Å²) in [6.07, 6.45) is 1.80. The summed E-state index contributed by atoms with van der Waals surface area (Å²) >= 11 is 0. The van der Waals surface area contributed by atoms with Crippen LogP contribution in [-0.4, -0.2) is 38.5 Å². The van der Waals surface area contributed by atoms with E-state index in [-0.39, 0.29) is 34.4 Å². The minimum absolute atomic E-state index is 0.0245. The van der Waals surface area contributed by atoms with Gasteiger partial charge >= 0.3 is 5.97 Å². The third-order valence-corrected chi connectivity index (χ3v) is 8.28. The highest BCUT2D eigenvalue weighted by atomic mass is 16.6. The molecule has 0 fully saturated rings. The van der Waals surface area contributed by atoms with Crippen molar-refractivity contribution in [3.8, 4) is 11.5 Å². The molecule has 3 atom stereocenters. The fraction of sp³-hybridized carbons (Fsp3) is 0.594. The lowest BCUT2D eigenvalue weighted by Gasteiger charge is -2.31. The third-order valence-electron chi connectivity index (χ3n) is 8.28. The molecular formula is C32H44O5. The Hall–Kier alpha value is -2.53. The van der Waals surface area contributed by atoms with E-state index in [2.05, 4.69) is 65.8 Å². The summed E-state index contributed by atoms with van der Waals surface area (Å²) in [5, 5.41) is 0. The maximum Gasteiger partial charge on any atom is 0.303 e. The number of benzene rings is 2. The summed E-state index contributed by atoms with van der Waals surface area (Å²) < 4.78 is 23.2. The largest absolute Gasteiger partial charge is 0.491 e. The molecule has 0 saturated carbocycles. The van der Waals surface area contributed by atoms with Gasteiger partial charge in [0.15, 0.2) is 0 Å². The Balaban J connectivity index is 1.81. The van der Waals surface area contributed by atoms with Crippen molar-refractivity contribution in [2.75, 3.05) is 20.3 Å². The molecule has 3 unspecified atom stereocenters. The molecule has 0 amide bonds. The lowest BCUT2D eigenvalue weighted by Crippen LogP contribution is -2.27. The Labute approximate surface area is 222 Å². The number of rotatable bonds is 8. The van der Waals surface area contributed by atoms with Gasteiger partial charge in [-0.25, -0.2) is 0 Å². The van der Waals surface area contributed by atoms with E-state index in [9.17, 15) is 4.79 Å². The van der Waals surface area contributed by atoms with Gasteiger partial charge in [0.25, 0.3) is 0 Å². The fourth-order valence-corrected chi connectivity index (χ4v) is 7.00. The van der Waals surface area contributed by atoms with Crippen LogP contribution in [0.1, 0.15) is 94.7 Å². The second-order valence-electron chi connectivity index (χ2n) is 12.6. The van der Waals surface area contributed by atoms with Gasteiger partial charge < -0.3 is 18.9 Å². The molecule has 5 nitrogen and oxygen atoms in total. The maximum atomic E-state index is 11.4. The van der Waals surface area contributed by atoms with Crippen molar-refractivity contribution in [1.29, 1.82) is 0 Å². The van der Waals surface area contributed by atoms with Crippen molar-refractivity contribution in [3.63, 3.8) is 0 Å². The summed E-state index contributed by atoms with van der Waals surface area (Å²) in [7, 11) is 1.71. The van der Waals surface area contributed by atoms with Crippen LogP contribution in [0, 0.1) is 13.8 Å². The zero-order chi connectivity index (χ0) is 27.3. The number of aryl methyl sites for hydroxylation is 2. The summed E-state index contributed by atoms with van der Waals surface area (Å²) in [5.41, 5.74) is 7.90. The van der Waals surface area contributed by atoms with Crippen molar-refractivity contribution in [2.45, 2.75) is 104 Å². The topological polar surface area (TPSA) is 54.0 Å². The van der Waals surface area contributed by atoms with Gasteiger partial charge in [0.2, 0.25) is 0 Å². The average Bonchev–Trinajstić information content (AvgIpc) is 3.14. The highest BCUT2D eigenvalue weighted by Crippen LogP contribution is 2.64. The first-order chi connectivity index (χ1) is 17.2. The summed E-state index contributed by atoms with van der Waals surface area (Å²) in [6.45, 7) is 19.9. The van der Waals surface area contributed by atoms with Crippen LogP contribution < -0.4 is 9.47 Å².